The number of nitrogen functional groups attached to an aromatic ring is 1. The van der Waals surface area contributed by atoms with Crippen LogP contribution < -0.4 is 21.7 Å². The van der Waals surface area contributed by atoms with E-state index >= 15 is 0 Å². The van der Waals surface area contributed by atoms with Crippen LogP contribution in [0.25, 0.3) is 5.65 Å². The van der Waals surface area contributed by atoms with Gasteiger partial charge in [0, 0.05) is 48.9 Å². The monoisotopic (exact) mass is 436 g/mol. The number of aromatic nitrogens is 2. The lowest BCUT2D eigenvalue weighted by atomic mass is 10.0. The summed E-state index contributed by atoms with van der Waals surface area (Å²) in [6.07, 6.45) is 3.64. The molecule has 31 heavy (non-hydrogen) atoms. The Morgan fingerprint density at radius 3 is 2.65 bits per heavy atom. The average Bonchev–Trinajstić information content (AvgIpc) is 3.07. The van der Waals surface area contributed by atoms with E-state index < -0.39 is 0 Å². The van der Waals surface area contributed by atoms with Crippen molar-refractivity contribution in [1.82, 2.24) is 14.7 Å². The van der Waals surface area contributed by atoms with Crippen molar-refractivity contribution in [2.24, 2.45) is 10.7 Å². The molecular formula is C22H25ClN8. The molecule has 3 heterocycles. The molecule has 1 saturated heterocycles. The van der Waals surface area contributed by atoms with E-state index in [1.807, 2.05) is 25.3 Å². The zero-order chi connectivity index (χ0) is 22.3. The molecule has 0 saturated carbocycles. The number of hydrogen-bond donors (Lipinski definition) is 3. The number of nitrogens with one attached hydrogen (secondary N) is 1. The van der Waals surface area contributed by atoms with E-state index in [2.05, 4.69) is 40.1 Å². The van der Waals surface area contributed by atoms with Crippen LogP contribution in [-0.2, 0) is 0 Å². The molecule has 0 aliphatic carbocycles. The van der Waals surface area contributed by atoms with E-state index in [0.717, 1.165) is 24.5 Å². The maximum atomic E-state index is 9.79. The van der Waals surface area contributed by atoms with E-state index in [1.165, 1.54) is 0 Å². The maximum absolute atomic E-state index is 9.79. The van der Waals surface area contributed by atoms with Crippen molar-refractivity contribution in [2.75, 3.05) is 23.7 Å². The second-order valence-corrected chi connectivity index (χ2v) is 8.51. The number of piperazine rings is 1. The second kappa shape index (κ2) is 8.10. The van der Waals surface area contributed by atoms with E-state index in [0.29, 0.717) is 45.3 Å². The Morgan fingerprint density at radius 2 is 1.97 bits per heavy atom. The highest BCUT2D eigenvalue weighted by Gasteiger charge is 2.23. The lowest BCUT2D eigenvalue weighted by Crippen LogP contribution is -2.54. The van der Waals surface area contributed by atoms with Gasteiger partial charge in [0.15, 0.2) is 5.65 Å². The molecule has 4 rings (SSSR count). The number of anilines is 2. The van der Waals surface area contributed by atoms with Gasteiger partial charge in [-0.05, 0) is 39.0 Å². The number of imidazole rings is 1. The maximum Gasteiger partial charge on any atom is 0.155 e. The number of halogens is 1. The molecule has 3 aromatic rings. The molecule has 0 bridgehead atoms. The Balaban J connectivity index is 1.73. The summed E-state index contributed by atoms with van der Waals surface area (Å²) in [6, 6.07) is 8.29. The Labute approximate surface area is 186 Å². The number of nitrogens with two attached hydrogens (primary N) is 2. The summed E-state index contributed by atoms with van der Waals surface area (Å²) >= 11 is 6.34. The van der Waals surface area contributed by atoms with Crippen LogP contribution in [0.3, 0.4) is 0 Å². The zero-order valence-corrected chi connectivity index (χ0v) is 18.5. The van der Waals surface area contributed by atoms with Crippen LogP contribution in [0.2, 0.25) is 5.02 Å². The number of amidine groups is 1. The van der Waals surface area contributed by atoms with Crippen molar-refractivity contribution in [3.05, 3.63) is 52.4 Å². The molecule has 5 N–H and O–H groups in total. The molecule has 160 valence electrons. The first kappa shape index (κ1) is 21.0. The van der Waals surface area contributed by atoms with Crippen LogP contribution in [0, 0.1) is 18.3 Å². The molecule has 8 nitrogen and oxygen atoms in total. The predicted molar refractivity (Wildman–Crippen MR) is 125 cm³/mol. The van der Waals surface area contributed by atoms with E-state index in [1.54, 1.807) is 16.7 Å². The Morgan fingerprint density at radius 1 is 1.26 bits per heavy atom. The third-order valence-electron chi connectivity index (χ3n) is 5.31. The quantitative estimate of drug-likeness (QED) is 0.329. The molecule has 1 aliphatic heterocycles. The van der Waals surface area contributed by atoms with Crippen molar-refractivity contribution >= 4 is 40.1 Å². The van der Waals surface area contributed by atoms with Gasteiger partial charge in [0.2, 0.25) is 0 Å². The molecule has 0 spiro atoms. The second-order valence-electron chi connectivity index (χ2n) is 8.10. The lowest BCUT2D eigenvalue weighted by molar-refractivity contribution is 0.407. The molecular weight excluding hydrogens is 412 g/mol. The molecule has 1 aromatic carbocycles. The van der Waals surface area contributed by atoms with Crippen molar-refractivity contribution in [2.45, 2.75) is 32.9 Å². The summed E-state index contributed by atoms with van der Waals surface area (Å²) in [5.41, 5.74) is 16.8. The number of aliphatic imine (C=N–C) groups is 1. The number of nitrogens with zero attached hydrogens (tertiary/aromatic N) is 5. The number of nitriles is 1. The molecule has 0 amide bonds. The van der Waals surface area contributed by atoms with Crippen LogP contribution in [0.5, 0.6) is 0 Å². The Bertz CT molecular complexity index is 1210. The van der Waals surface area contributed by atoms with Gasteiger partial charge in [-0.25, -0.2) is 9.98 Å². The summed E-state index contributed by atoms with van der Waals surface area (Å²) in [5.74, 6) is 0.162. The van der Waals surface area contributed by atoms with Gasteiger partial charge in [-0.2, -0.15) is 5.26 Å². The number of rotatable bonds is 3. The van der Waals surface area contributed by atoms with Crippen LogP contribution in [-0.4, -0.2) is 40.4 Å². The fourth-order valence-corrected chi connectivity index (χ4v) is 4.42. The largest absolute Gasteiger partial charge is 0.398 e. The van der Waals surface area contributed by atoms with E-state index in [9.17, 15) is 5.26 Å². The minimum atomic E-state index is 0.162. The Kier molecular flexibility index (Phi) is 5.48. The summed E-state index contributed by atoms with van der Waals surface area (Å²) < 4.78 is 1.80. The first-order valence-corrected chi connectivity index (χ1v) is 10.5. The molecule has 2 unspecified atom stereocenters. The number of aryl methyl sites for hydroxylation is 1. The molecule has 2 aromatic heterocycles. The summed E-state index contributed by atoms with van der Waals surface area (Å²) in [6.45, 7) is 7.84. The number of hydrogen-bond acceptors (Lipinski definition) is 6. The highest BCUT2D eigenvalue weighted by Crippen LogP contribution is 2.29. The highest BCUT2D eigenvalue weighted by molar-refractivity contribution is 6.33. The number of benzene rings is 1. The van der Waals surface area contributed by atoms with Gasteiger partial charge in [0.1, 0.15) is 11.9 Å². The van der Waals surface area contributed by atoms with Gasteiger partial charge >= 0.3 is 0 Å². The third kappa shape index (κ3) is 4.15. The van der Waals surface area contributed by atoms with E-state index in [4.69, 9.17) is 23.1 Å². The minimum absolute atomic E-state index is 0.162. The summed E-state index contributed by atoms with van der Waals surface area (Å²) in [7, 11) is 0. The van der Waals surface area contributed by atoms with Crippen molar-refractivity contribution in [3.8, 4) is 6.07 Å². The fourth-order valence-electron chi connectivity index (χ4n) is 4.16. The third-order valence-corrected chi connectivity index (χ3v) is 5.59. The van der Waals surface area contributed by atoms with Crippen molar-refractivity contribution < 1.29 is 0 Å². The van der Waals surface area contributed by atoms with Crippen LogP contribution in [0.1, 0.15) is 30.7 Å². The zero-order valence-electron chi connectivity index (χ0n) is 17.7. The van der Waals surface area contributed by atoms with Crippen LogP contribution >= 0.6 is 11.6 Å². The van der Waals surface area contributed by atoms with Crippen LogP contribution in [0.4, 0.5) is 17.1 Å². The average molecular weight is 437 g/mol. The molecule has 0 radical (unpaired) electrons. The summed E-state index contributed by atoms with van der Waals surface area (Å²) in [4.78, 5) is 11.1. The first-order chi connectivity index (χ1) is 14.7. The van der Waals surface area contributed by atoms with Gasteiger partial charge in [-0.3, -0.25) is 0 Å². The van der Waals surface area contributed by atoms with Gasteiger partial charge < -0.3 is 26.1 Å². The minimum Gasteiger partial charge on any atom is -0.398 e. The molecule has 1 aliphatic rings. The van der Waals surface area contributed by atoms with Gasteiger partial charge in [-0.15, -0.1) is 0 Å². The lowest BCUT2D eigenvalue weighted by Gasteiger charge is -2.38. The van der Waals surface area contributed by atoms with Crippen molar-refractivity contribution in [3.63, 3.8) is 0 Å². The molecule has 9 heteroatoms. The molecule has 1 fully saturated rings. The Hall–Kier alpha value is -3.28. The normalized spacial score (nSPS) is 19.6. The summed E-state index contributed by atoms with van der Waals surface area (Å²) in [5, 5.41) is 13.8. The molecule has 2 atom stereocenters. The number of fused-ring (bicyclic) bond motifs is 1. The van der Waals surface area contributed by atoms with Crippen molar-refractivity contribution in [1.29, 1.82) is 5.26 Å². The standard InChI is InChI=1S/C22H25ClN8/c1-12-8-30(9-13(2)27-12)17-4-15(7-24)20(19(25)6-17)21(26)29-16-5-18(23)22-28-14(3)10-31(22)11-16/h4-6,10-13,27H,8-9,25H2,1-3H3,(H2,26,29). The van der Waals surface area contributed by atoms with Crippen LogP contribution in [0.15, 0.2) is 35.6 Å². The van der Waals surface area contributed by atoms with E-state index in [-0.39, 0.29) is 5.84 Å². The highest BCUT2D eigenvalue weighted by atomic mass is 35.5. The van der Waals surface area contributed by atoms with Gasteiger partial charge in [-0.1, -0.05) is 11.6 Å². The topological polar surface area (TPSA) is 121 Å². The first-order valence-electron chi connectivity index (χ1n) is 10.1. The van der Waals surface area contributed by atoms with Gasteiger partial charge in [0.05, 0.1) is 27.5 Å². The SMILES string of the molecule is Cc1cn2cc(N=C(N)c3c(N)cc(N4CC(C)NC(C)C4)cc3C#N)cc(Cl)c2n1. The number of pyridine rings is 1. The fraction of sp³-hybridized carbons (Fsp3) is 0.318. The predicted octanol–water partition coefficient (Wildman–Crippen LogP) is 2.97. The van der Waals surface area contributed by atoms with Gasteiger partial charge in [0.25, 0.3) is 0 Å². The smallest absolute Gasteiger partial charge is 0.155 e.